The number of primary amides is 1. The van der Waals surface area contributed by atoms with E-state index in [1.165, 1.54) is 4.90 Å². The molecule has 1 aliphatic heterocycles. The molecule has 8 N–H and O–H groups in total. The van der Waals surface area contributed by atoms with Crippen molar-refractivity contribution in [1.82, 2.24) is 15.5 Å². The fourth-order valence-corrected chi connectivity index (χ4v) is 3.40. The van der Waals surface area contributed by atoms with E-state index in [0.29, 0.717) is 19.4 Å². The van der Waals surface area contributed by atoms with Gasteiger partial charge in [0.2, 0.25) is 23.6 Å². The number of rotatable bonds is 13. The number of hydrogen-bond acceptors (Lipinski definition) is 7. The number of amides is 4. The van der Waals surface area contributed by atoms with Crippen LogP contribution in [0.3, 0.4) is 0 Å². The second-order valence-corrected chi connectivity index (χ2v) is 8.36. The van der Waals surface area contributed by atoms with Crippen LogP contribution in [0.5, 0.6) is 0 Å². The summed E-state index contributed by atoms with van der Waals surface area (Å²) in [6, 6.07) is -4.48. The average Bonchev–Trinajstić information content (AvgIpc) is 3.21. The van der Waals surface area contributed by atoms with Crippen LogP contribution in [0.2, 0.25) is 0 Å². The number of carbonyl (C=O) groups excluding carboxylic acids is 4. The molecular weight excluding hydrogens is 438 g/mol. The van der Waals surface area contributed by atoms with Gasteiger partial charge in [0.15, 0.2) is 0 Å². The molecule has 1 heterocycles. The van der Waals surface area contributed by atoms with Crippen LogP contribution >= 0.6 is 0 Å². The SMILES string of the molecule is CC(C)C(N)C(=O)N1CCCC1C(=O)NC(CCC(N)=O)C(=O)NC(CCC(=O)O)C(=O)O. The van der Waals surface area contributed by atoms with Crippen molar-refractivity contribution in [2.75, 3.05) is 6.54 Å². The van der Waals surface area contributed by atoms with E-state index < -0.39 is 60.2 Å². The summed E-state index contributed by atoms with van der Waals surface area (Å²) in [7, 11) is 0. The topological polar surface area (TPSA) is 222 Å². The Bertz CT molecular complexity index is 772. The summed E-state index contributed by atoms with van der Waals surface area (Å²) in [6.45, 7) is 3.88. The van der Waals surface area contributed by atoms with Gasteiger partial charge >= 0.3 is 11.9 Å². The van der Waals surface area contributed by atoms with Crippen LogP contribution < -0.4 is 22.1 Å². The average molecular weight is 472 g/mol. The van der Waals surface area contributed by atoms with E-state index >= 15 is 0 Å². The van der Waals surface area contributed by atoms with E-state index in [1.54, 1.807) is 13.8 Å². The summed E-state index contributed by atoms with van der Waals surface area (Å²) in [5, 5.41) is 22.7. The Morgan fingerprint density at radius 1 is 1.00 bits per heavy atom. The Kier molecular flexibility index (Phi) is 10.7. The summed E-state index contributed by atoms with van der Waals surface area (Å²) in [5.74, 6) is -5.49. The Hall–Kier alpha value is -3.22. The molecule has 13 heteroatoms. The van der Waals surface area contributed by atoms with Crippen LogP contribution in [0.15, 0.2) is 0 Å². The van der Waals surface area contributed by atoms with Crippen LogP contribution in [0, 0.1) is 5.92 Å². The molecule has 4 atom stereocenters. The molecule has 1 aliphatic rings. The van der Waals surface area contributed by atoms with Crippen molar-refractivity contribution in [3.05, 3.63) is 0 Å². The first kappa shape index (κ1) is 27.8. The summed E-state index contributed by atoms with van der Waals surface area (Å²) in [4.78, 5) is 72.9. The van der Waals surface area contributed by atoms with Gasteiger partial charge < -0.3 is 37.2 Å². The maximum Gasteiger partial charge on any atom is 0.326 e. The summed E-state index contributed by atoms with van der Waals surface area (Å²) < 4.78 is 0. The Morgan fingerprint density at radius 3 is 2.12 bits per heavy atom. The van der Waals surface area contributed by atoms with Gasteiger partial charge in [-0.2, -0.15) is 0 Å². The number of nitrogens with one attached hydrogen (secondary N) is 2. The molecular formula is C20H33N5O8. The van der Waals surface area contributed by atoms with E-state index in [-0.39, 0.29) is 31.1 Å². The van der Waals surface area contributed by atoms with Crippen molar-refractivity contribution < 1.29 is 39.0 Å². The second kappa shape index (κ2) is 12.7. The minimum atomic E-state index is -1.50. The Morgan fingerprint density at radius 2 is 1.61 bits per heavy atom. The van der Waals surface area contributed by atoms with Gasteiger partial charge in [0.25, 0.3) is 0 Å². The second-order valence-electron chi connectivity index (χ2n) is 8.36. The number of aliphatic carboxylic acids is 2. The minimum Gasteiger partial charge on any atom is -0.481 e. The lowest BCUT2D eigenvalue weighted by atomic mass is 10.0. The van der Waals surface area contributed by atoms with Gasteiger partial charge in [0, 0.05) is 19.4 Å². The van der Waals surface area contributed by atoms with Crippen molar-refractivity contribution in [3.8, 4) is 0 Å². The quantitative estimate of drug-likeness (QED) is 0.177. The van der Waals surface area contributed by atoms with Gasteiger partial charge in [-0.3, -0.25) is 24.0 Å². The molecule has 13 nitrogen and oxygen atoms in total. The van der Waals surface area contributed by atoms with Crippen LogP contribution in [0.1, 0.15) is 52.4 Å². The van der Waals surface area contributed by atoms with Gasteiger partial charge in [-0.25, -0.2) is 4.79 Å². The highest BCUT2D eigenvalue weighted by Gasteiger charge is 2.38. The van der Waals surface area contributed by atoms with Crippen molar-refractivity contribution in [1.29, 1.82) is 0 Å². The summed E-state index contributed by atoms with van der Waals surface area (Å²) >= 11 is 0. The minimum absolute atomic E-state index is 0.144. The molecule has 0 aliphatic carbocycles. The first-order chi connectivity index (χ1) is 15.3. The number of carboxylic acids is 2. The lowest BCUT2D eigenvalue weighted by Gasteiger charge is -2.29. The van der Waals surface area contributed by atoms with Crippen LogP contribution in [0.25, 0.3) is 0 Å². The van der Waals surface area contributed by atoms with Crippen molar-refractivity contribution >= 4 is 35.6 Å². The molecule has 1 rings (SSSR count). The smallest absolute Gasteiger partial charge is 0.326 e. The predicted molar refractivity (Wildman–Crippen MR) is 114 cm³/mol. The molecule has 1 saturated heterocycles. The van der Waals surface area contributed by atoms with Crippen LogP contribution in [-0.4, -0.2) is 81.4 Å². The molecule has 4 amide bonds. The molecule has 0 aromatic heterocycles. The first-order valence-electron chi connectivity index (χ1n) is 10.7. The van der Waals surface area contributed by atoms with Crippen LogP contribution in [-0.2, 0) is 28.8 Å². The van der Waals surface area contributed by atoms with Gasteiger partial charge in [-0.1, -0.05) is 13.8 Å². The number of nitrogens with zero attached hydrogens (tertiary/aromatic N) is 1. The third-order valence-corrected chi connectivity index (χ3v) is 5.42. The lowest BCUT2D eigenvalue weighted by molar-refractivity contribution is -0.144. The van der Waals surface area contributed by atoms with E-state index in [0.717, 1.165) is 0 Å². The lowest BCUT2D eigenvalue weighted by Crippen LogP contribution is -2.57. The van der Waals surface area contributed by atoms with E-state index in [9.17, 15) is 33.9 Å². The molecule has 33 heavy (non-hydrogen) atoms. The maximum atomic E-state index is 12.9. The van der Waals surface area contributed by atoms with E-state index in [1.807, 2.05) is 0 Å². The molecule has 0 radical (unpaired) electrons. The predicted octanol–water partition coefficient (Wildman–Crippen LogP) is -1.85. The molecule has 0 aromatic carbocycles. The number of carbonyl (C=O) groups is 6. The molecule has 0 bridgehead atoms. The maximum absolute atomic E-state index is 12.9. The van der Waals surface area contributed by atoms with E-state index in [2.05, 4.69) is 10.6 Å². The zero-order valence-corrected chi connectivity index (χ0v) is 18.8. The molecule has 0 aromatic rings. The highest BCUT2D eigenvalue weighted by molar-refractivity contribution is 5.94. The van der Waals surface area contributed by atoms with Crippen molar-refractivity contribution in [2.45, 2.75) is 76.5 Å². The monoisotopic (exact) mass is 471 g/mol. The summed E-state index contributed by atoms with van der Waals surface area (Å²) in [6.07, 6.45) is -0.428. The number of likely N-dealkylation sites (tertiary alicyclic amines) is 1. The number of nitrogens with two attached hydrogens (primary N) is 2. The van der Waals surface area contributed by atoms with Gasteiger partial charge in [0.1, 0.15) is 18.1 Å². The third-order valence-electron chi connectivity index (χ3n) is 5.42. The van der Waals surface area contributed by atoms with Crippen LogP contribution in [0.4, 0.5) is 0 Å². The largest absolute Gasteiger partial charge is 0.481 e. The van der Waals surface area contributed by atoms with Gasteiger partial charge in [0.05, 0.1) is 6.04 Å². The highest BCUT2D eigenvalue weighted by Crippen LogP contribution is 2.20. The Labute approximate surface area is 191 Å². The van der Waals surface area contributed by atoms with Gasteiger partial charge in [-0.05, 0) is 31.6 Å². The molecule has 0 saturated carbocycles. The molecule has 0 spiro atoms. The summed E-state index contributed by atoms with van der Waals surface area (Å²) in [5.41, 5.74) is 11.1. The normalized spacial score (nSPS) is 18.3. The zero-order valence-electron chi connectivity index (χ0n) is 18.8. The van der Waals surface area contributed by atoms with Crippen molar-refractivity contribution in [3.63, 3.8) is 0 Å². The van der Waals surface area contributed by atoms with Crippen molar-refractivity contribution in [2.24, 2.45) is 17.4 Å². The highest BCUT2D eigenvalue weighted by atomic mass is 16.4. The number of hydrogen-bond donors (Lipinski definition) is 6. The fraction of sp³-hybridized carbons (Fsp3) is 0.700. The molecule has 4 unspecified atom stereocenters. The zero-order chi connectivity index (χ0) is 25.3. The third kappa shape index (κ3) is 8.67. The number of carboxylic acid groups (broad SMARTS) is 2. The van der Waals surface area contributed by atoms with E-state index in [4.69, 9.17) is 16.6 Å². The molecule has 1 fully saturated rings. The Balaban J connectivity index is 2.95. The molecule has 186 valence electrons. The van der Waals surface area contributed by atoms with Gasteiger partial charge in [-0.15, -0.1) is 0 Å². The first-order valence-corrected chi connectivity index (χ1v) is 10.7. The fourth-order valence-electron chi connectivity index (χ4n) is 3.40. The standard InChI is InChI=1S/C20H33N5O8/c1-10(2)16(22)19(31)25-9-3-4-13(25)18(30)23-11(5-7-14(21)26)17(29)24-12(20(32)33)6-8-15(27)28/h10-13,16H,3-9,22H2,1-2H3,(H2,21,26)(H,23,30)(H,24,29)(H,27,28)(H,32,33).